The third-order valence-electron chi connectivity index (χ3n) is 2.09. The molecule has 2 rings (SSSR count). The van der Waals surface area contributed by atoms with Crippen LogP contribution in [-0.2, 0) is 13.2 Å². The van der Waals surface area contributed by atoms with Crippen LogP contribution in [0.15, 0.2) is 28.9 Å². The monoisotopic (exact) mass is 192 g/mol. The Morgan fingerprint density at radius 1 is 1.57 bits per heavy atom. The van der Waals surface area contributed by atoms with Crippen LogP contribution >= 0.6 is 0 Å². The Labute approximate surface area is 81.8 Å². The lowest BCUT2D eigenvalue weighted by Gasteiger charge is -2.03. The van der Waals surface area contributed by atoms with Crippen molar-refractivity contribution in [2.24, 2.45) is 0 Å². The number of hydrogen-bond donors (Lipinski definition) is 1. The molecule has 1 N–H and O–H groups in total. The van der Waals surface area contributed by atoms with Gasteiger partial charge in [-0.05, 0) is 19.1 Å². The highest BCUT2D eigenvalue weighted by Crippen LogP contribution is 2.08. The van der Waals surface area contributed by atoms with E-state index in [1.165, 1.54) is 0 Å². The number of rotatable bonds is 3. The maximum atomic E-state index is 9.02. The summed E-state index contributed by atoms with van der Waals surface area (Å²) < 4.78 is 7.02. The summed E-state index contributed by atoms with van der Waals surface area (Å²) in [5.41, 5.74) is 1.75. The van der Waals surface area contributed by atoms with Crippen molar-refractivity contribution < 1.29 is 9.63 Å². The lowest BCUT2D eigenvalue weighted by Crippen LogP contribution is -2.01. The van der Waals surface area contributed by atoms with Crippen LogP contribution < -0.4 is 0 Å². The van der Waals surface area contributed by atoms with Crippen LogP contribution in [0.4, 0.5) is 0 Å². The molecule has 0 aliphatic rings. The minimum Gasteiger partial charge on any atom is -0.390 e. The average Bonchev–Trinajstić information content (AvgIpc) is 2.76. The normalized spacial score (nSPS) is 10.7. The fourth-order valence-electron chi connectivity index (χ4n) is 1.41. The first kappa shape index (κ1) is 9.02. The fraction of sp³-hybridized carbons (Fsp3) is 0.300. The molecule has 0 spiro atoms. The van der Waals surface area contributed by atoms with E-state index in [2.05, 4.69) is 5.16 Å². The van der Waals surface area contributed by atoms with Crippen molar-refractivity contribution >= 4 is 0 Å². The summed E-state index contributed by atoms with van der Waals surface area (Å²) in [5, 5.41) is 12.8. The van der Waals surface area contributed by atoms with Gasteiger partial charge in [-0.3, -0.25) is 0 Å². The van der Waals surface area contributed by atoms with Crippen LogP contribution in [-0.4, -0.2) is 14.8 Å². The molecule has 0 radical (unpaired) electrons. The number of aromatic nitrogens is 2. The highest BCUT2D eigenvalue weighted by molar-refractivity contribution is 5.10. The molecule has 0 aromatic carbocycles. The molecule has 74 valence electrons. The second-order valence-electron chi connectivity index (χ2n) is 3.22. The van der Waals surface area contributed by atoms with E-state index in [1.807, 2.05) is 35.9 Å². The van der Waals surface area contributed by atoms with Crippen molar-refractivity contribution in [1.29, 1.82) is 0 Å². The molecular weight excluding hydrogens is 180 g/mol. The summed E-state index contributed by atoms with van der Waals surface area (Å²) in [6.45, 7) is 2.54. The Bertz CT molecular complexity index is 417. The Balaban J connectivity index is 2.18. The standard InChI is InChI=1S/C10H12N2O2/c1-8-5-10(14-11-8)6-12-4-2-3-9(12)7-13/h2-5,13H,6-7H2,1H3. The number of hydrogen-bond acceptors (Lipinski definition) is 3. The topological polar surface area (TPSA) is 51.2 Å². The van der Waals surface area contributed by atoms with Gasteiger partial charge in [0.15, 0.2) is 5.76 Å². The number of aliphatic hydroxyl groups excluding tert-OH is 1. The largest absolute Gasteiger partial charge is 0.390 e. The van der Waals surface area contributed by atoms with Gasteiger partial charge in [-0.2, -0.15) is 0 Å². The van der Waals surface area contributed by atoms with E-state index < -0.39 is 0 Å². The number of aliphatic hydroxyl groups is 1. The molecule has 0 amide bonds. The van der Waals surface area contributed by atoms with Gasteiger partial charge in [0.25, 0.3) is 0 Å². The number of nitrogens with zero attached hydrogens (tertiary/aromatic N) is 2. The Hall–Kier alpha value is -1.55. The maximum absolute atomic E-state index is 9.02. The van der Waals surface area contributed by atoms with Gasteiger partial charge in [-0.1, -0.05) is 5.16 Å². The van der Waals surface area contributed by atoms with Crippen LogP contribution in [0.5, 0.6) is 0 Å². The van der Waals surface area contributed by atoms with E-state index in [0.717, 1.165) is 17.1 Å². The van der Waals surface area contributed by atoms with Crippen LogP contribution in [0.2, 0.25) is 0 Å². The molecule has 0 aliphatic heterocycles. The van der Waals surface area contributed by atoms with E-state index >= 15 is 0 Å². The van der Waals surface area contributed by atoms with Gasteiger partial charge >= 0.3 is 0 Å². The maximum Gasteiger partial charge on any atom is 0.156 e. The van der Waals surface area contributed by atoms with Crippen molar-refractivity contribution in [2.45, 2.75) is 20.1 Å². The Morgan fingerprint density at radius 2 is 2.43 bits per heavy atom. The quantitative estimate of drug-likeness (QED) is 0.798. The number of aryl methyl sites for hydroxylation is 1. The predicted octanol–water partition coefficient (Wildman–Crippen LogP) is 1.33. The third kappa shape index (κ3) is 1.70. The van der Waals surface area contributed by atoms with Crippen molar-refractivity contribution in [1.82, 2.24) is 9.72 Å². The van der Waals surface area contributed by atoms with Gasteiger partial charge in [0, 0.05) is 18.0 Å². The van der Waals surface area contributed by atoms with Gasteiger partial charge in [-0.15, -0.1) is 0 Å². The molecule has 0 fully saturated rings. The molecule has 0 unspecified atom stereocenters. The molecule has 4 nitrogen and oxygen atoms in total. The van der Waals surface area contributed by atoms with Crippen LogP contribution in [0.25, 0.3) is 0 Å². The summed E-state index contributed by atoms with van der Waals surface area (Å²) in [5.74, 6) is 0.799. The minimum atomic E-state index is 0.0418. The van der Waals surface area contributed by atoms with Gasteiger partial charge in [-0.25, -0.2) is 0 Å². The zero-order valence-corrected chi connectivity index (χ0v) is 7.97. The van der Waals surface area contributed by atoms with Gasteiger partial charge in [0.05, 0.1) is 18.8 Å². The van der Waals surface area contributed by atoms with E-state index in [0.29, 0.717) is 6.54 Å². The molecule has 0 aliphatic carbocycles. The third-order valence-corrected chi connectivity index (χ3v) is 2.09. The molecular formula is C10H12N2O2. The fourth-order valence-corrected chi connectivity index (χ4v) is 1.41. The Kier molecular flexibility index (Phi) is 2.37. The second kappa shape index (κ2) is 3.67. The van der Waals surface area contributed by atoms with Gasteiger partial charge in [0.2, 0.25) is 0 Å². The minimum absolute atomic E-state index is 0.0418. The van der Waals surface area contributed by atoms with Crippen LogP contribution in [0.3, 0.4) is 0 Å². The van der Waals surface area contributed by atoms with Crippen molar-refractivity contribution in [2.75, 3.05) is 0 Å². The van der Waals surface area contributed by atoms with Crippen LogP contribution in [0.1, 0.15) is 17.1 Å². The first-order valence-electron chi connectivity index (χ1n) is 4.46. The Morgan fingerprint density at radius 3 is 3.07 bits per heavy atom. The van der Waals surface area contributed by atoms with Gasteiger partial charge in [0.1, 0.15) is 0 Å². The average molecular weight is 192 g/mol. The molecule has 2 heterocycles. The van der Waals surface area contributed by atoms with E-state index in [9.17, 15) is 0 Å². The molecule has 0 saturated carbocycles. The van der Waals surface area contributed by atoms with E-state index in [1.54, 1.807) is 0 Å². The molecule has 2 aromatic heterocycles. The molecule has 2 aromatic rings. The van der Waals surface area contributed by atoms with Crippen molar-refractivity contribution in [3.8, 4) is 0 Å². The van der Waals surface area contributed by atoms with E-state index in [4.69, 9.17) is 9.63 Å². The van der Waals surface area contributed by atoms with Crippen molar-refractivity contribution in [3.05, 3.63) is 41.5 Å². The second-order valence-corrected chi connectivity index (χ2v) is 3.22. The SMILES string of the molecule is Cc1cc(Cn2cccc2CO)on1. The summed E-state index contributed by atoms with van der Waals surface area (Å²) in [6, 6.07) is 5.67. The summed E-state index contributed by atoms with van der Waals surface area (Å²) in [6.07, 6.45) is 1.91. The smallest absolute Gasteiger partial charge is 0.156 e. The highest BCUT2D eigenvalue weighted by atomic mass is 16.5. The lowest BCUT2D eigenvalue weighted by molar-refractivity contribution is 0.269. The summed E-state index contributed by atoms with van der Waals surface area (Å²) in [4.78, 5) is 0. The zero-order valence-electron chi connectivity index (χ0n) is 7.97. The first-order chi connectivity index (χ1) is 6.79. The van der Waals surface area contributed by atoms with E-state index in [-0.39, 0.29) is 6.61 Å². The molecule has 14 heavy (non-hydrogen) atoms. The first-order valence-corrected chi connectivity index (χ1v) is 4.46. The molecule has 4 heteroatoms. The van der Waals surface area contributed by atoms with Gasteiger partial charge < -0.3 is 14.2 Å². The zero-order chi connectivity index (χ0) is 9.97. The summed E-state index contributed by atoms with van der Waals surface area (Å²) >= 11 is 0. The lowest BCUT2D eigenvalue weighted by atomic mass is 10.3. The molecule has 0 saturated heterocycles. The predicted molar refractivity (Wildman–Crippen MR) is 50.7 cm³/mol. The molecule has 0 bridgehead atoms. The van der Waals surface area contributed by atoms with Crippen molar-refractivity contribution in [3.63, 3.8) is 0 Å². The highest BCUT2D eigenvalue weighted by Gasteiger charge is 2.04. The molecule has 0 atom stereocenters. The summed E-state index contributed by atoms with van der Waals surface area (Å²) in [7, 11) is 0. The van der Waals surface area contributed by atoms with Crippen LogP contribution in [0, 0.1) is 6.92 Å².